The van der Waals surface area contributed by atoms with Gasteiger partial charge in [0.1, 0.15) is 5.75 Å². The summed E-state index contributed by atoms with van der Waals surface area (Å²) in [6.45, 7) is 2.29. The summed E-state index contributed by atoms with van der Waals surface area (Å²) in [6.07, 6.45) is 6.52. The SMILES string of the molecule is COc1ccc2c(c1)CCC1C2CCC2(C)C(=C=CP(=O)(O)O)CCC12. The minimum Gasteiger partial charge on any atom is -0.497 e. The number of fused-ring (bicyclic) bond motifs is 5. The highest BCUT2D eigenvalue weighted by Crippen LogP contribution is 2.62. The molecule has 4 unspecified atom stereocenters. The lowest BCUT2D eigenvalue weighted by atomic mass is 9.55. The highest BCUT2D eigenvalue weighted by atomic mass is 31.2. The normalized spacial score (nSPS) is 32.9. The van der Waals surface area contributed by atoms with Gasteiger partial charge in [-0.05, 0) is 90.5 Å². The second kappa shape index (κ2) is 6.39. The topological polar surface area (TPSA) is 66.8 Å². The van der Waals surface area contributed by atoms with Gasteiger partial charge in [-0.15, -0.1) is 5.73 Å². The Bertz CT molecular complexity index is 832. The molecule has 140 valence electrons. The lowest BCUT2D eigenvalue weighted by molar-refractivity contribution is 0.0815. The molecule has 0 heterocycles. The molecule has 2 fully saturated rings. The summed E-state index contributed by atoms with van der Waals surface area (Å²) in [6, 6.07) is 6.53. The second-order valence-corrected chi connectivity index (χ2v) is 9.75. The maximum Gasteiger partial charge on any atom is 0.356 e. The van der Waals surface area contributed by atoms with Crippen molar-refractivity contribution >= 4 is 7.60 Å². The number of methoxy groups -OCH3 is 1. The molecule has 3 aliphatic rings. The minimum atomic E-state index is -4.14. The van der Waals surface area contributed by atoms with Crippen molar-refractivity contribution < 1.29 is 19.1 Å². The van der Waals surface area contributed by atoms with E-state index in [2.05, 4.69) is 30.9 Å². The third-order valence-corrected chi connectivity index (χ3v) is 7.59. The average Bonchev–Trinajstić information content (AvgIpc) is 2.95. The molecule has 0 amide bonds. The van der Waals surface area contributed by atoms with E-state index in [9.17, 15) is 4.57 Å². The van der Waals surface area contributed by atoms with E-state index in [1.165, 1.54) is 17.5 Å². The first kappa shape index (κ1) is 18.1. The smallest absolute Gasteiger partial charge is 0.356 e. The first-order valence-corrected chi connectivity index (χ1v) is 11.2. The molecule has 0 saturated heterocycles. The van der Waals surface area contributed by atoms with Crippen LogP contribution in [0.3, 0.4) is 0 Å². The Morgan fingerprint density at radius 2 is 2.08 bits per heavy atom. The van der Waals surface area contributed by atoms with E-state index in [-0.39, 0.29) is 5.41 Å². The van der Waals surface area contributed by atoms with E-state index >= 15 is 0 Å². The van der Waals surface area contributed by atoms with Crippen LogP contribution in [0.2, 0.25) is 0 Å². The zero-order valence-corrected chi connectivity index (χ0v) is 16.3. The Hall–Kier alpha value is -1.31. The molecular weight excluding hydrogens is 347 g/mol. The fourth-order valence-electron chi connectivity index (χ4n) is 5.90. The van der Waals surface area contributed by atoms with Crippen LogP contribution in [0.4, 0.5) is 0 Å². The maximum absolute atomic E-state index is 11.2. The Morgan fingerprint density at radius 3 is 2.81 bits per heavy atom. The number of aryl methyl sites for hydroxylation is 1. The number of hydrogen-bond donors (Lipinski definition) is 2. The van der Waals surface area contributed by atoms with Gasteiger partial charge in [-0.25, -0.2) is 0 Å². The minimum absolute atomic E-state index is 0.0385. The lowest BCUT2D eigenvalue weighted by Gasteiger charge is -2.49. The molecule has 2 N–H and O–H groups in total. The molecule has 5 heteroatoms. The molecule has 4 nitrogen and oxygen atoms in total. The molecule has 26 heavy (non-hydrogen) atoms. The molecule has 2 saturated carbocycles. The quantitative estimate of drug-likeness (QED) is 0.578. The van der Waals surface area contributed by atoms with Crippen LogP contribution < -0.4 is 4.74 Å². The van der Waals surface area contributed by atoms with Gasteiger partial charge in [0.05, 0.1) is 12.9 Å². The number of ether oxygens (including phenoxy) is 1. The van der Waals surface area contributed by atoms with E-state index in [0.29, 0.717) is 17.8 Å². The van der Waals surface area contributed by atoms with Gasteiger partial charge in [0.15, 0.2) is 0 Å². The highest BCUT2D eigenvalue weighted by Gasteiger charge is 2.52. The van der Waals surface area contributed by atoms with Crippen LogP contribution in [0.25, 0.3) is 0 Å². The Balaban J connectivity index is 1.66. The van der Waals surface area contributed by atoms with E-state index in [0.717, 1.165) is 49.2 Å². The number of benzene rings is 1. The third kappa shape index (κ3) is 3.00. The van der Waals surface area contributed by atoms with Gasteiger partial charge in [-0.3, -0.25) is 4.57 Å². The molecular formula is C21H27O4P. The van der Waals surface area contributed by atoms with Crippen molar-refractivity contribution in [1.29, 1.82) is 0 Å². The third-order valence-electron chi connectivity index (χ3n) is 7.13. The maximum atomic E-state index is 11.2. The average molecular weight is 374 g/mol. The van der Waals surface area contributed by atoms with E-state index in [1.807, 2.05) is 0 Å². The summed E-state index contributed by atoms with van der Waals surface area (Å²) in [5, 5.41) is 0. The Morgan fingerprint density at radius 1 is 1.27 bits per heavy atom. The van der Waals surface area contributed by atoms with E-state index in [4.69, 9.17) is 14.5 Å². The molecule has 0 aliphatic heterocycles. The van der Waals surface area contributed by atoms with Crippen molar-refractivity contribution in [2.75, 3.05) is 7.11 Å². The van der Waals surface area contributed by atoms with Gasteiger partial charge in [0, 0.05) is 0 Å². The van der Waals surface area contributed by atoms with Crippen molar-refractivity contribution in [1.82, 2.24) is 0 Å². The fourth-order valence-corrected chi connectivity index (χ4v) is 6.22. The van der Waals surface area contributed by atoms with Gasteiger partial charge in [0.2, 0.25) is 0 Å². The summed E-state index contributed by atoms with van der Waals surface area (Å²) in [5.74, 6) is 3.77. The van der Waals surface area contributed by atoms with Gasteiger partial charge in [-0.2, -0.15) is 0 Å². The first-order chi connectivity index (χ1) is 12.3. The van der Waals surface area contributed by atoms with Crippen LogP contribution in [-0.2, 0) is 11.0 Å². The van der Waals surface area contributed by atoms with E-state index < -0.39 is 7.60 Å². The second-order valence-electron chi connectivity index (χ2n) is 8.32. The molecule has 1 aromatic carbocycles. The predicted octanol–water partition coefficient (Wildman–Crippen LogP) is 4.77. The largest absolute Gasteiger partial charge is 0.497 e. The predicted molar refractivity (Wildman–Crippen MR) is 101 cm³/mol. The van der Waals surface area contributed by atoms with Crippen molar-refractivity contribution in [2.45, 2.75) is 51.4 Å². The van der Waals surface area contributed by atoms with Crippen LogP contribution in [0, 0.1) is 17.3 Å². The number of allylic oxidation sites excluding steroid dienone is 1. The molecule has 0 radical (unpaired) electrons. The van der Waals surface area contributed by atoms with Crippen LogP contribution in [-0.4, -0.2) is 16.9 Å². The van der Waals surface area contributed by atoms with Crippen LogP contribution in [0.15, 0.2) is 35.3 Å². The molecule has 0 bridgehead atoms. The standard InChI is InChI=1S/C21H27O4P/c1-21-11-9-18-17-7-5-16(25-2)13-14(17)3-6-19(18)20(21)8-4-15(21)10-12-26(22,23)24/h5,7,12-13,18-20H,3-4,6,8-9,11H2,1-2H3,(H2,22,23,24). The molecule has 1 aromatic rings. The molecule has 0 aromatic heterocycles. The van der Waals surface area contributed by atoms with E-state index in [1.54, 1.807) is 7.11 Å². The first-order valence-electron chi connectivity index (χ1n) is 9.51. The highest BCUT2D eigenvalue weighted by molar-refractivity contribution is 7.55. The van der Waals surface area contributed by atoms with Crippen LogP contribution in [0.1, 0.15) is 56.1 Å². The van der Waals surface area contributed by atoms with Crippen molar-refractivity contribution in [3.8, 4) is 5.75 Å². The monoisotopic (exact) mass is 374 g/mol. The summed E-state index contributed by atoms with van der Waals surface area (Å²) < 4.78 is 16.6. The number of hydrogen-bond acceptors (Lipinski definition) is 2. The zero-order valence-electron chi connectivity index (χ0n) is 15.4. The van der Waals surface area contributed by atoms with Crippen molar-refractivity contribution in [2.24, 2.45) is 17.3 Å². The zero-order chi connectivity index (χ0) is 18.5. The molecule has 3 aliphatic carbocycles. The van der Waals surface area contributed by atoms with Gasteiger partial charge >= 0.3 is 7.60 Å². The molecule has 4 rings (SSSR count). The van der Waals surface area contributed by atoms with Crippen molar-refractivity contribution in [3.63, 3.8) is 0 Å². The van der Waals surface area contributed by atoms with Gasteiger partial charge in [-0.1, -0.05) is 13.0 Å². The van der Waals surface area contributed by atoms with Crippen LogP contribution >= 0.6 is 7.60 Å². The summed E-state index contributed by atoms with van der Waals surface area (Å²) in [5.41, 5.74) is 7.08. The summed E-state index contributed by atoms with van der Waals surface area (Å²) in [4.78, 5) is 18.3. The van der Waals surface area contributed by atoms with Gasteiger partial charge in [0.25, 0.3) is 0 Å². The summed E-state index contributed by atoms with van der Waals surface area (Å²) >= 11 is 0. The molecule has 4 atom stereocenters. The van der Waals surface area contributed by atoms with Crippen molar-refractivity contribution in [3.05, 3.63) is 46.4 Å². The number of rotatable bonds is 2. The summed E-state index contributed by atoms with van der Waals surface area (Å²) in [7, 11) is -2.43. The lowest BCUT2D eigenvalue weighted by Crippen LogP contribution is -2.40. The Kier molecular flexibility index (Phi) is 4.44. The fraction of sp³-hybridized carbons (Fsp3) is 0.571. The Labute approximate surface area is 155 Å². The molecule has 0 spiro atoms. The van der Waals surface area contributed by atoms with Crippen LogP contribution in [0.5, 0.6) is 5.75 Å². The van der Waals surface area contributed by atoms with Gasteiger partial charge < -0.3 is 14.5 Å².